The van der Waals surface area contributed by atoms with E-state index in [9.17, 15) is 0 Å². The van der Waals surface area contributed by atoms with Gasteiger partial charge in [0.2, 0.25) is 0 Å². The van der Waals surface area contributed by atoms with Crippen molar-refractivity contribution in [3.8, 4) is 0 Å². The Labute approximate surface area is 112 Å². The van der Waals surface area contributed by atoms with Crippen molar-refractivity contribution in [2.75, 3.05) is 11.9 Å². The molecule has 0 unspecified atom stereocenters. The minimum atomic E-state index is 0.815. The fourth-order valence-electron chi connectivity index (χ4n) is 2.50. The topological polar surface area (TPSA) is 68.5 Å². The second kappa shape index (κ2) is 5.34. The zero-order chi connectivity index (χ0) is 13.1. The Morgan fingerprint density at radius 3 is 3.00 bits per heavy atom. The maximum atomic E-state index is 4.37. The lowest BCUT2D eigenvalue weighted by atomic mass is 9.96. The molecule has 0 spiro atoms. The second-order valence-electron chi connectivity index (χ2n) is 4.89. The van der Waals surface area contributed by atoms with Gasteiger partial charge in [0.15, 0.2) is 0 Å². The first kappa shape index (κ1) is 12.1. The first-order chi connectivity index (χ1) is 9.34. The van der Waals surface area contributed by atoms with Crippen LogP contribution in [0.2, 0.25) is 0 Å². The predicted molar refractivity (Wildman–Crippen MR) is 71.9 cm³/mol. The van der Waals surface area contributed by atoms with Gasteiger partial charge in [-0.25, -0.2) is 9.97 Å². The van der Waals surface area contributed by atoms with Crippen LogP contribution < -0.4 is 5.32 Å². The van der Waals surface area contributed by atoms with Crippen LogP contribution in [-0.2, 0) is 26.3 Å². The fraction of sp³-hybridized carbons (Fsp3) is 0.538. The van der Waals surface area contributed by atoms with Gasteiger partial charge in [-0.3, -0.25) is 0 Å². The summed E-state index contributed by atoms with van der Waals surface area (Å²) < 4.78 is 1.94. The normalized spacial score (nSPS) is 14.2. The highest BCUT2D eigenvalue weighted by Gasteiger charge is 2.15. The Morgan fingerprint density at radius 2 is 2.16 bits per heavy atom. The molecule has 0 saturated heterocycles. The second-order valence-corrected chi connectivity index (χ2v) is 4.89. The smallest absolute Gasteiger partial charge is 0.134 e. The van der Waals surface area contributed by atoms with Gasteiger partial charge in [-0.05, 0) is 25.7 Å². The largest absolute Gasteiger partial charge is 0.369 e. The molecule has 2 heterocycles. The van der Waals surface area contributed by atoms with Crippen molar-refractivity contribution in [3.05, 3.63) is 29.7 Å². The Morgan fingerprint density at radius 1 is 1.26 bits per heavy atom. The van der Waals surface area contributed by atoms with E-state index < -0.39 is 0 Å². The van der Waals surface area contributed by atoms with E-state index in [1.807, 2.05) is 11.6 Å². The van der Waals surface area contributed by atoms with Crippen LogP contribution in [0.15, 0.2) is 12.7 Å². The zero-order valence-corrected chi connectivity index (χ0v) is 11.1. The van der Waals surface area contributed by atoms with Crippen LogP contribution in [0.25, 0.3) is 0 Å². The van der Waals surface area contributed by atoms with Crippen molar-refractivity contribution < 1.29 is 0 Å². The molecule has 0 bridgehead atoms. The number of anilines is 1. The summed E-state index contributed by atoms with van der Waals surface area (Å²) in [6.07, 6.45) is 8.87. The van der Waals surface area contributed by atoms with E-state index in [0.717, 1.165) is 37.4 Å². The Balaban J connectivity index is 1.66. The third kappa shape index (κ3) is 2.57. The molecule has 2 aromatic heterocycles. The van der Waals surface area contributed by atoms with Gasteiger partial charge in [0.1, 0.15) is 24.3 Å². The fourth-order valence-corrected chi connectivity index (χ4v) is 2.50. The number of aryl methyl sites for hydroxylation is 2. The number of fused-ring (bicyclic) bond motifs is 1. The highest BCUT2D eigenvalue weighted by Crippen LogP contribution is 2.24. The number of rotatable bonds is 4. The first-order valence-electron chi connectivity index (χ1n) is 6.74. The van der Waals surface area contributed by atoms with E-state index in [1.54, 1.807) is 12.7 Å². The summed E-state index contributed by atoms with van der Waals surface area (Å²) in [6, 6.07) is 0. The summed E-state index contributed by atoms with van der Waals surface area (Å²) >= 11 is 0. The van der Waals surface area contributed by atoms with Crippen molar-refractivity contribution in [1.29, 1.82) is 0 Å². The van der Waals surface area contributed by atoms with Crippen molar-refractivity contribution in [1.82, 2.24) is 24.7 Å². The summed E-state index contributed by atoms with van der Waals surface area (Å²) in [7, 11) is 1.96. The monoisotopic (exact) mass is 258 g/mol. The number of aromatic nitrogens is 5. The van der Waals surface area contributed by atoms with Gasteiger partial charge in [0.05, 0.1) is 0 Å². The van der Waals surface area contributed by atoms with Crippen LogP contribution >= 0.6 is 0 Å². The zero-order valence-electron chi connectivity index (χ0n) is 11.1. The third-order valence-corrected chi connectivity index (χ3v) is 3.57. The highest BCUT2D eigenvalue weighted by molar-refractivity contribution is 5.46. The van der Waals surface area contributed by atoms with Crippen molar-refractivity contribution in [2.45, 2.75) is 32.1 Å². The molecule has 6 nitrogen and oxygen atoms in total. The average Bonchev–Trinajstić information content (AvgIpc) is 2.85. The van der Waals surface area contributed by atoms with Gasteiger partial charge in [-0.1, -0.05) is 0 Å². The van der Waals surface area contributed by atoms with Crippen LogP contribution in [0.5, 0.6) is 0 Å². The maximum absolute atomic E-state index is 4.37. The molecule has 3 rings (SSSR count). The molecule has 0 aromatic carbocycles. The van der Waals surface area contributed by atoms with Gasteiger partial charge >= 0.3 is 0 Å². The lowest BCUT2D eigenvalue weighted by Crippen LogP contribution is -2.14. The van der Waals surface area contributed by atoms with Crippen LogP contribution in [-0.4, -0.2) is 31.3 Å². The summed E-state index contributed by atoms with van der Waals surface area (Å²) in [5.74, 6) is 1.97. The number of hydrogen-bond acceptors (Lipinski definition) is 5. The molecule has 2 aromatic rings. The molecule has 19 heavy (non-hydrogen) atoms. The molecule has 100 valence electrons. The maximum Gasteiger partial charge on any atom is 0.134 e. The van der Waals surface area contributed by atoms with E-state index in [1.165, 1.54) is 24.1 Å². The summed E-state index contributed by atoms with van der Waals surface area (Å²) in [5, 5.41) is 11.4. The SMILES string of the molecule is Cn1cnnc1CCNc1ncnc2c1CCCC2. The molecule has 1 aliphatic carbocycles. The van der Waals surface area contributed by atoms with E-state index in [-0.39, 0.29) is 0 Å². The highest BCUT2D eigenvalue weighted by atomic mass is 15.2. The minimum Gasteiger partial charge on any atom is -0.369 e. The molecule has 0 saturated carbocycles. The minimum absolute atomic E-state index is 0.815. The van der Waals surface area contributed by atoms with Crippen LogP contribution in [0.1, 0.15) is 29.9 Å². The summed E-state index contributed by atoms with van der Waals surface area (Å²) in [6.45, 7) is 0.815. The molecular weight excluding hydrogens is 240 g/mol. The third-order valence-electron chi connectivity index (χ3n) is 3.57. The molecule has 0 aliphatic heterocycles. The van der Waals surface area contributed by atoms with Crippen molar-refractivity contribution in [3.63, 3.8) is 0 Å². The van der Waals surface area contributed by atoms with Gasteiger partial charge < -0.3 is 9.88 Å². The predicted octanol–water partition coefficient (Wildman–Crippen LogP) is 1.14. The van der Waals surface area contributed by atoms with Crippen molar-refractivity contribution in [2.24, 2.45) is 7.05 Å². The quantitative estimate of drug-likeness (QED) is 0.890. The van der Waals surface area contributed by atoms with Gasteiger partial charge in [-0.15, -0.1) is 10.2 Å². The van der Waals surface area contributed by atoms with Gasteiger partial charge in [-0.2, -0.15) is 0 Å². The molecule has 0 amide bonds. The Bertz CT molecular complexity index is 562. The molecular formula is C13H18N6. The van der Waals surface area contributed by atoms with Gasteiger partial charge in [0.25, 0.3) is 0 Å². The number of nitrogens with zero attached hydrogens (tertiary/aromatic N) is 5. The molecule has 1 aliphatic rings. The average molecular weight is 258 g/mol. The van der Waals surface area contributed by atoms with E-state index >= 15 is 0 Å². The Kier molecular flexibility index (Phi) is 3.39. The lowest BCUT2D eigenvalue weighted by Gasteiger charge is -2.17. The molecule has 0 atom stereocenters. The number of hydrogen-bond donors (Lipinski definition) is 1. The number of nitrogens with one attached hydrogen (secondary N) is 1. The molecule has 1 N–H and O–H groups in total. The lowest BCUT2D eigenvalue weighted by molar-refractivity contribution is 0.663. The summed E-state index contributed by atoms with van der Waals surface area (Å²) in [5.41, 5.74) is 2.51. The summed E-state index contributed by atoms with van der Waals surface area (Å²) in [4.78, 5) is 8.74. The molecule has 0 fully saturated rings. The first-order valence-corrected chi connectivity index (χ1v) is 6.74. The van der Waals surface area contributed by atoms with E-state index in [4.69, 9.17) is 0 Å². The molecule has 6 heteroatoms. The van der Waals surface area contributed by atoms with E-state index in [2.05, 4.69) is 25.5 Å². The van der Waals surface area contributed by atoms with E-state index in [0.29, 0.717) is 0 Å². The molecule has 0 radical (unpaired) electrons. The van der Waals surface area contributed by atoms with Crippen LogP contribution in [0, 0.1) is 0 Å². The standard InChI is InChI=1S/C13H18N6/c1-19-9-17-18-12(19)6-7-14-13-10-4-2-3-5-11(10)15-8-16-13/h8-9H,2-7H2,1H3,(H,14,15,16). The Hall–Kier alpha value is -1.98. The van der Waals surface area contributed by atoms with Crippen molar-refractivity contribution >= 4 is 5.82 Å². The van der Waals surface area contributed by atoms with Crippen LogP contribution in [0.3, 0.4) is 0 Å². The van der Waals surface area contributed by atoms with Gasteiger partial charge in [0, 0.05) is 31.3 Å². The van der Waals surface area contributed by atoms with Crippen LogP contribution in [0.4, 0.5) is 5.82 Å².